The first kappa shape index (κ1) is 15.9. The van der Waals surface area contributed by atoms with Crippen LogP contribution in [0.15, 0.2) is 54.3 Å². The summed E-state index contributed by atoms with van der Waals surface area (Å²) in [6.07, 6.45) is 0. The third kappa shape index (κ3) is 2.48. The van der Waals surface area contributed by atoms with Crippen molar-refractivity contribution in [3.05, 3.63) is 59.9 Å². The van der Waals surface area contributed by atoms with Gasteiger partial charge in [0.25, 0.3) is 0 Å². The second kappa shape index (κ2) is 6.28. The maximum absolute atomic E-state index is 10.6. The Morgan fingerprint density at radius 2 is 1.67 bits per heavy atom. The minimum atomic E-state index is -0.303. The Morgan fingerprint density at radius 3 is 2.29 bits per heavy atom. The van der Waals surface area contributed by atoms with E-state index < -0.39 is 0 Å². The molecule has 0 saturated heterocycles. The van der Waals surface area contributed by atoms with Crippen LogP contribution < -0.4 is 14.4 Å². The Bertz CT molecular complexity index is 800. The van der Waals surface area contributed by atoms with Gasteiger partial charge in [0.1, 0.15) is 11.6 Å². The molecule has 2 N–H and O–H groups in total. The van der Waals surface area contributed by atoms with E-state index in [1.54, 1.807) is 31.3 Å². The highest BCUT2D eigenvalue weighted by molar-refractivity contribution is 6.31. The summed E-state index contributed by atoms with van der Waals surface area (Å²) < 4.78 is 10.6. The van der Waals surface area contributed by atoms with Crippen LogP contribution in [0.5, 0.6) is 11.5 Å². The highest BCUT2D eigenvalue weighted by Gasteiger charge is 2.35. The van der Waals surface area contributed by atoms with Gasteiger partial charge in [-0.2, -0.15) is 0 Å². The van der Waals surface area contributed by atoms with Gasteiger partial charge >= 0.3 is 0 Å². The first-order valence-electron chi connectivity index (χ1n) is 7.67. The number of rotatable bonds is 4. The third-order valence-electron chi connectivity index (χ3n) is 4.22. The lowest BCUT2D eigenvalue weighted by atomic mass is 10.0. The van der Waals surface area contributed by atoms with Crippen molar-refractivity contribution in [2.24, 2.45) is 0 Å². The summed E-state index contributed by atoms with van der Waals surface area (Å²) in [7, 11) is 3.14. The predicted octanol–water partition coefficient (Wildman–Crippen LogP) is 3.86. The van der Waals surface area contributed by atoms with E-state index in [1.165, 1.54) is 0 Å². The van der Waals surface area contributed by atoms with Crippen molar-refractivity contribution in [3.63, 3.8) is 0 Å². The predicted molar refractivity (Wildman–Crippen MR) is 95.2 cm³/mol. The maximum Gasteiger partial charge on any atom is 0.161 e. The van der Waals surface area contributed by atoms with E-state index in [1.807, 2.05) is 43.3 Å². The number of aliphatic hydroxyl groups is 1. The first-order chi connectivity index (χ1) is 11.6. The molecule has 0 saturated carbocycles. The van der Waals surface area contributed by atoms with E-state index in [2.05, 4.69) is 0 Å². The van der Waals surface area contributed by atoms with E-state index in [0.717, 1.165) is 11.3 Å². The highest BCUT2D eigenvalue weighted by Crippen LogP contribution is 2.38. The number of nitrogens with one attached hydrogen (secondary N) is 1. The van der Waals surface area contributed by atoms with Crippen molar-refractivity contribution >= 4 is 17.1 Å². The van der Waals surface area contributed by atoms with Crippen LogP contribution >= 0.6 is 0 Å². The molecule has 5 heteroatoms. The van der Waals surface area contributed by atoms with E-state index in [-0.39, 0.29) is 17.6 Å². The molecule has 0 unspecified atom stereocenters. The standard InChI is InChI=1S/C19H20N2O3/c1-12-18(22)17(13-9-10-15(23-2)16(11-13)24-3)19(20)21(12)14-7-5-4-6-8-14/h4-12,20,22H,1-3H3/t12-/m1/s1. The van der Waals surface area contributed by atoms with Gasteiger partial charge in [-0.1, -0.05) is 24.3 Å². The number of para-hydroxylation sites is 1. The van der Waals surface area contributed by atoms with Gasteiger partial charge in [-0.15, -0.1) is 0 Å². The van der Waals surface area contributed by atoms with Crippen LogP contribution in [0.4, 0.5) is 5.69 Å². The monoisotopic (exact) mass is 324 g/mol. The van der Waals surface area contributed by atoms with E-state index in [0.29, 0.717) is 17.1 Å². The molecule has 2 aromatic rings. The molecule has 3 rings (SSSR count). The topological polar surface area (TPSA) is 65.8 Å². The zero-order valence-corrected chi connectivity index (χ0v) is 13.9. The lowest BCUT2D eigenvalue weighted by Crippen LogP contribution is -2.33. The lowest BCUT2D eigenvalue weighted by Gasteiger charge is -2.24. The number of methoxy groups -OCH3 is 2. The van der Waals surface area contributed by atoms with Crippen LogP contribution in [0.2, 0.25) is 0 Å². The van der Waals surface area contributed by atoms with Gasteiger partial charge in [0, 0.05) is 5.69 Å². The summed E-state index contributed by atoms with van der Waals surface area (Å²) in [5.41, 5.74) is 2.10. The number of amidine groups is 1. The summed E-state index contributed by atoms with van der Waals surface area (Å²) in [4.78, 5) is 1.81. The highest BCUT2D eigenvalue weighted by atomic mass is 16.5. The molecule has 5 nitrogen and oxygen atoms in total. The molecule has 0 radical (unpaired) electrons. The van der Waals surface area contributed by atoms with Crippen molar-refractivity contribution < 1.29 is 14.6 Å². The zero-order valence-electron chi connectivity index (χ0n) is 13.9. The number of hydrogen-bond acceptors (Lipinski definition) is 4. The van der Waals surface area contributed by atoms with Crippen LogP contribution in [0.3, 0.4) is 0 Å². The third-order valence-corrected chi connectivity index (χ3v) is 4.22. The largest absolute Gasteiger partial charge is 0.509 e. The fourth-order valence-corrected chi connectivity index (χ4v) is 2.98. The molecule has 2 aromatic carbocycles. The van der Waals surface area contributed by atoms with E-state index >= 15 is 0 Å². The average molecular weight is 324 g/mol. The second-order valence-electron chi connectivity index (χ2n) is 5.56. The molecule has 0 aliphatic carbocycles. The van der Waals surface area contributed by atoms with Crippen LogP contribution in [-0.4, -0.2) is 31.2 Å². The fraction of sp³-hybridized carbons (Fsp3) is 0.211. The first-order valence-corrected chi connectivity index (χ1v) is 7.67. The van der Waals surface area contributed by atoms with Crippen molar-refractivity contribution in [2.45, 2.75) is 13.0 Å². The van der Waals surface area contributed by atoms with Crippen LogP contribution in [0.25, 0.3) is 5.57 Å². The van der Waals surface area contributed by atoms with Crippen molar-refractivity contribution in [3.8, 4) is 11.5 Å². The Balaban J connectivity index is 2.04. The lowest BCUT2D eigenvalue weighted by molar-refractivity contribution is 0.355. The number of anilines is 1. The molecular weight excluding hydrogens is 304 g/mol. The SMILES string of the molecule is COc1ccc(C2=C(O)[C@@H](C)N(c3ccccc3)C2=N)cc1OC. The Hall–Kier alpha value is -2.95. The minimum Gasteiger partial charge on any atom is -0.509 e. The Morgan fingerprint density at radius 1 is 1.00 bits per heavy atom. The molecule has 0 aromatic heterocycles. The molecule has 0 bridgehead atoms. The van der Waals surface area contributed by atoms with Gasteiger partial charge in [-0.25, -0.2) is 0 Å². The molecule has 124 valence electrons. The molecule has 0 spiro atoms. The Kier molecular flexibility index (Phi) is 4.16. The minimum absolute atomic E-state index is 0.177. The van der Waals surface area contributed by atoms with Gasteiger partial charge in [-0.05, 0) is 36.8 Å². The zero-order chi connectivity index (χ0) is 17.3. The smallest absolute Gasteiger partial charge is 0.161 e. The second-order valence-corrected chi connectivity index (χ2v) is 5.56. The quantitative estimate of drug-likeness (QED) is 0.896. The summed E-state index contributed by atoms with van der Waals surface area (Å²) in [5.74, 6) is 1.61. The van der Waals surface area contributed by atoms with E-state index in [9.17, 15) is 5.11 Å². The number of hydrogen-bond donors (Lipinski definition) is 2. The van der Waals surface area contributed by atoms with Gasteiger partial charge in [0.15, 0.2) is 11.5 Å². The van der Waals surface area contributed by atoms with E-state index in [4.69, 9.17) is 14.9 Å². The van der Waals surface area contributed by atoms with Crippen LogP contribution in [-0.2, 0) is 0 Å². The fourth-order valence-electron chi connectivity index (χ4n) is 2.98. The summed E-state index contributed by atoms with van der Waals surface area (Å²) in [5, 5.41) is 19.2. The number of aliphatic hydroxyl groups excluding tert-OH is 1. The molecule has 1 heterocycles. The van der Waals surface area contributed by atoms with Crippen molar-refractivity contribution in [2.75, 3.05) is 19.1 Å². The summed E-state index contributed by atoms with van der Waals surface area (Å²) >= 11 is 0. The molecule has 0 fully saturated rings. The molecule has 1 atom stereocenters. The van der Waals surface area contributed by atoms with Crippen LogP contribution in [0.1, 0.15) is 12.5 Å². The van der Waals surface area contributed by atoms with Crippen molar-refractivity contribution in [1.82, 2.24) is 0 Å². The average Bonchev–Trinajstić information content (AvgIpc) is 2.84. The Labute approximate surface area is 141 Å². The molecular formula is C19H20N2O3. The molecule has 0 amide bonds. The number of benzene rings is 2. The van der Waals surface area contributed by atoms with Gasteiger partial charge < -0.3 is 19.5 Å². The summed E-state index contributed by atoms with van der Waals surface area (Å²) in [6.45, 7) is 1.88. The maximum atomic E-state index is 10.6. The molecule has 1 aliphatic heterocycles. The van der Waals surface area contributed by atoms with Gasteiger partial charge in [0.2, 0.25) is 0 Å². The number of nitrogens with zero attached hydrogens (tertiary/aromatic N) is 1. The van der Waals surface area contributed by atoms with Crippen LogP contribution in [0, 0.1) is 5.41 Å². The normalized spacial score (nSPS) is 17.4. The number of ether oxygens (including phenoxy) is 2. The van der Waals surface area contributed by atoms with Gasteiger partial charge in [0.05, 0.1) is 25.8 Å². The molecule has 24 heavy (non-hydrogen) atoms. The summed E-state index contributed by atoms with van der Waals surface area (Å²) in [6, 6.07) is 14.7. The van der Waals surface area contributed by atoms with Crippen molar-refractivity contribution in [1.29, 1.82) is 5.41 Å². The van der Waals surface area contributed by atoms with Gasteiger partial charge in [-0.3, -0.25) is 5.41 Å². The molecule has 1 aliphatic rings.